The molecule has 0 aromatic heterocycles. The van der Waals surface area contributed by atoms with Crippen LogP contribution in [-0.4, -0.2) is 11.7 Å². The Bertz CT molecular complexity index is 455. The average Bonchev–Trinajstić information content (AvgIpc) is 2.19. The second-order valence-electron chi connectivity index (χ2n) is 4.90. The Morgan fingerprint density at radius 2 is 2.06 bits per heavy atom. The number of carbonyl (C=O) groups excluding carboxylic acids is 1. The van der Waals surface area contributed by atoms with Gasteiger partial charge < -0.3 is 4.74 Å². The van der Waals surface area contributed by atoms with Gasteiger partial charge in [-0.15, -0.1) is 0 Å². The van der Waals surface area contributed by atoms with E-state index in [0.29, 0.717) is 4.47 Å². The van der Waals surface area contributed by atoms with Crippen molar-refractivity contribution >= 4 is 27.7 Å². The number of carbonyl (C=O) groups is 1. The summed E-state index contributed by atoms with van der Waals surface area (Å²) in [5.41, 5.74) is 0.440. The molecule has 1 rings (SSSR count). The highest BCUT2D eigenvalue weighted by Gasteiger charge is 2.18. The van der Waals surface area contributed by atoms with Crippen molar-refractivity contribution in [2.45, 2.75) is 39.7 Å². The summed E-state index contributed by atoms with van der Waals surface area (Å²) in [5, 5.41) is 2.41. The summed E-state index contributed by atoms with van der Waals surface area (Å²) in [6.45, 7) is 7.21. The lowest BCUT2D eigenvalue weighted by atomic mass is 10.1. The minimum atomic E-state index is -0.661. The summed E-state index contributed by atoms with van der Waals surface area (Å²) in [6, 6.07) is 2.94. The summed E-state index contributed by atoms with van der Waals surface area (Å²) in [5.74, 6) is -0.495. The second-order valence-corrected chi connectivity index (χ2v) is 5.76. The molecule has 1 amide bonds. The lowest BCUT2D eigenvalue weighted by Crippen LogP contribution is -2.27. The van der Waals surface area contributed by atoms with E-state index in [1.165, 1.54) is 6.07 Å². The molecule has 0 spiro atoms. The predicted molar refractivity (Wildman–Crippen MR) is 73.3 cm³/mol. The quantitative estimate of drug-likeness (QED) is 0.872. The summed E-state index contributed by atoms with van der Waals surface area (Å²) in [4.78, 5) is 11.6. The smallest absolute Gasteiger partial charge is 0.412 e. The van der Waals surface area contributed by atoms with Gasteiger partial charge in [-0.25, -0.2) is 9.18 Å². The van der Waals surface area contributed by atoms with Crippen LogP contribution in [0.2, 0.25) is 0 Å². The largest absolute Gasteiger partial charge is 0.444 e. The van der Waals surface area contributed by atoms with Gasteiger partial charge in [-0.1, -0.05) is 22.9 Å². The Hall–Kier alpha value is -1.10. The highest BCUT2D eigenvalue weighted by Crippen LogP contribution is 2.25. The Morgan fingerprint density at radius 3 is 2.56 bits per heavy atom. The van der Waals surface area contributed by atoms with Gasteiger partial charge in [0, 0.05) is 4.47 Å². The summed E-state index contributed by atoms with van der Waals surface area (Å²) >= 11 is 3.27. The third-order valence-corrected chi connectivity index (χ3v) is 2.89. The van der Waals surface area contributed by atoms with Crippen LogP contribution < -0.4 is 5.32 Å². The summed E-state index contributed by atoms with van der Waals surface area (Å²) < 4.78 is 19.4. The highest BCUT2D eigenvalue weighted by atomic mass is 79.9. The van der Waals surface area contributed by atoms with E-state index in [1.54, 1.807) is 26.8 Å². The first-order valence-electron chi connectivity index (χ1n) is 5.71. The van der Waals surface area contributed by atoms with Crippen LogP contribution in [0.15, 0.2) is 16.6 Å². The Kier molecular flexibility index (Phi) is 4.73. The van der Waals surface area contributed by atoms with Gasteiger partial charge in [0.1, 0.15) is 11.4 Å². The molecule has 0 saturated carbocycles. The van der Waals surface area contributed by atoms with Crippen LogP contribution >= 0.6 is 15.9 Å². The van der Waals surface area contributed by atoms with Gasteiger partial charge >= 0.3 is 6.09 Å². The Morgan fingerprint density at radius 1 is 1.44 bits per heavy atom. The first-order valence-corrected chi connectivity index (χ1v) is 6.50. The normalized spacial score (nSPS) is 11.2. The molecule has 0 saturated heterocycles. The molecule has 100 valence electrons. The van der Waals surface area contributed by atoms with E-state index < -0.39 is 17.5 Å². The Balaban J connectivity index is 2.88. The molecule has 0 unspecified atom stereocenters. The van der Waals surface area contributed by atoms with E-state index in [4.69, 9.17) is 4.74 Å². The molecule has 0 aliphatic rings. The summed E-state index contributed by atoms with van der Waals surface area (Å²) in [7, 11) is 0. The first kappa shape index (κ1) is 15.0. The fourth-order valence-electron chi connectivity index (χ4n) is 1.37. The number of ether oxygens (including phenoxy) is 1. The van der Waals surface area contributed by atoms with Crippen LogP contribution in [-0.2, 0) is 11.2 Å². The summed E-state index contributed by atoms with van der Waals surface area (Å²) in [6.07, 6.45) is 0.0786. The number of halogens is 2. The zero-order chi connectivity index (χ0) is 13.9. The van der Waals surface area contributed by atoms with E-state index in [-0.39, 0.29) is 5.69 Å². The van der Waals surface area contributed by atoms with Gasteiger partial charge in [0.25, 0.3) is 0 Å². The van der Waals surface area contributed by atoms with E-state index >= 15 is 0 Å². The van der Waals surface area contributed by atoms with E-state index in [1.807, 2.05) is 6.92 Å². The Labute approximate surface area is 115 Å². The van der Waals surface area contributed by atoms with Gasteiger partial charge in [-0.05, 0) is 44.9 Å². The van der Waals surface area contributed by atoms with Crippen LogP contribution in [0.1, 0.15) is 33.3 Å². The molecule has 3 nitrogen and oxygen atoms in total. The minimum Gasteiger partial charge on any atom is -0.444 e. The van der Waals surface area contributed by atoms with Gasteiger partial charge in [0.15, 0.2) is 0 Å². The molecule has 0 bridgehead atoms. The monoisotopic (exact) mass is 317 g/mol. The average molecular weight is 318 g/mol. The third-order valence-electron chi connectivity index (χ3n) is 2.15. The number of amides is 1. The van der Waals surface area contributed by atoms with Gasteiger partial charge in [-0.3, -0.25) is 5.32 Å². The van der Waals surface area contributed by atoms with Crippen LogP contribution in [0.4, 0.5) is 14.9 Å². The van der Waals surface area contributed by atoms with Crippen LogP contribution in [0.3, 0.4) is 0 Å². The van der Waals surface area contributed by atoms with E-state index in [2.05, 4.69) is 21.2 Å². The number of hydrogen-bond donors (Lipinski definition) is 1. The lowest BCUT2D eigenvalue weighted by Gasteiger charge is -2.20. The lowest BCUT2D eigenvalue weighted by molar-refractivity contribution is 0.0635. The van der Waals surface area contributed by atoms with E-state index in [9.17, 15) is 9.18 Å². The van der Waals surface area contributed by atoms with Crippen molar-refractivity contribution in [3.63, 3.8) is 0 Å². The van der Waals surface area contributed by atoms with Gasteiger partial charge in [0.2, 0.25) is 0 Å². The SMILES string of the molecule is CCc1cc(NC(=O)OC(C)(C)C)c(F)cc1Br. The van der Waals surface area contributed by atoms with Crippen molar-refractivity contribution in [1.82, 2.24) is 0 Å². The molecule has 0 atom stereocenters. The van der Waals surface area contributed by atoms with Crippen molar-refractivity contribution in [2.24, 2.45) is 0 Å². The zero-order valence-electron chi connectivity index (χ0n) is 10.9. The van der Waals surface area contributed by atoms with Crippen molar-refractivity contribution < 1.29 is 13.9 Å². The molecule has 1 aromatic rings. The fraction of sp³-hybridized carbons (Fsp3) is 0.462. The number of rotatable bonds is 2. The van der Waals surface area contributed by atoms with E-state index in [0.717, 1.165) is 12.0 Å². The standard InChI is InChI=1S/C13H17BrFNO2/c1-5-8-6-11(10(15)7-9(8)14)16-12(17)18-13(2,3)4/h6-7H,5H2,1-4H3,(H,16,17). The van der Waals surface area contributed by atoms with Crippen molar-refractivity contribution in [2.75, 3.05) is 5.32 Å². The molecule has 1 aromatic carbocycles. The van der Waals surface area contributed by atoms with Crippen LogP contribution in [0, 0.1) is 5.82 Å². The molecule has 0 aliphatic heterocycles. The van der Waals surface area contributed by atoms with Gasteiger partial charge in [-0.2, -0.15) is 0 Å². The third kappa shape index (κ3) is 4.29. The van der Waals surface area contributed by atoms with Gasteiger partial charge in [0.05, 0.1) is 5.69 Å². The van der Waals surface area contributed by atoms with Crippen LogP contribution in [0.25, 0.3) is 0 Å². The number of benzene rings is 1. The number of nitrogens with one attached hydrogen (secondary N) is 1. The molecule has 0 heterocycles. The van der Waals surface area contributed by atoms with Crippen molar-refractivity contribution in [1.29, 1.82) is 0 Å². The van der Waals surface area contributed by atoms with Crippen LogP contribution in [0.5, 0.6) is 0 Å². The maximum absolute atomic E-state index is 13.7. The predicted octanol–water partition coefficient (Wildman–Crippen LogP) is 4.50. The number of aryl methyl sites for hydroxylation is 1. The molecule has 1 N–H and O–H groups in total. The second kappa shape index (κ2) is 5.69. The molecular weight excluding hydrogens is 301 g/mol. The fourth-order valence-corrected chi connectivity index (χ4v) is 1.97. The first-order chi connectivity index (χ1) is 8.23. The maximum atomic E-state index is 13.7. The molecule has 18 heavy (non-hydrogen) atoms. The topological polar surface area (TPSA) is 38.3 Å². The zero-order valence-corrected chi connectivity index (χ0v) is 12.5. The number of hydrogen-bond acceptors (Lipinski definition) is 2. The molecule has 0 aliphatic carbocycles. The maximum Gasteiger partial charge on any atom is 0.412 e. The van der Waals surface area contributed by atoms with Crippen molar-refractivity contribution in [3.8, 4) is 0 Å². The van der Waals surface area contributed by atoms with Crippen molar-refractivity contribution in [3.05, 3.63) is 28.0 Å². The molecule has 0 radical (unpaired) electrons. The molecule has 5 heteroatoms. The highest BCUT2D eigenvalue weighted by molar-refractivity contribution is 9.10. The molecular formula is C13H17BrFNO2. The molecule has 0 fully saturated rings. The number of anilines is 1. The minimum absolute atomic E-state index is 0.129.